The Morgan fingerprint density at radius 3 is 2.00 bits per heavy atom. The molecule has 5 aromatic rings. The third kappa shape index (κ3) is 2.27. The first kappa shape index (κ1) is 15.0. The molecule has 2 radical (unpaired) electrons. The van der Waals surface area contributed by atoms with Crippen molar-refractivity contribution >= 4 is 35.1 Å². The number of hydrogen-bond donors (Lipinski definition) is 0. The minimum absolute atomic E-state index is 0.818. The molecule has 0 atom stereocenters. The molecule has 1 heterocycles. The molecule has 0 aliphatic carbocycles. The monoisotopic (exact) mass is 329 g/mol. The normalized spacial score (nSPS) is 11.2. The molecule has 5 rings (SSSR count). The molecule has 2 heteroatoms. The van der Waals surface area contributed by atoms with Crippen LogP contribution in [-0.4, -0.2) is 12.4 Å². The number of rotatable bonds is 2. The number of hydrogen-bond acceptors (Lipinski definition) is 0. The number of fused-ring (bicyclic) bond motifs is 3. The van der Waals surface area contributed by atoms with E-state index in [1.165, 1.54) is 22.0 Å². The van der Waals surface area contributed by atoms with Gasteiger partial charge in [0.15, 0.2) is 0 Å². The summed E-state index contributed by atoms with van der Waals surface area (Å²) >= 11 is 0. The maximum atomic E-state index is 6.30. The molecule has 0 aliphatic rings. The van der Waals surface area contributed by atoms with E-state index in [4.69, 9.17) is 7.85 Å². The van der Waals surface area contributed by atoms with Crippen LogP contribution in [0.5, 0.6) is 0 Å². The smallest absolute Gasteiger partial charge is 0.114 e. The van der Waals surface area contributed by atoms with Crippen molar-refractivity contribution in [1.29, 1.82) is 0 Å². The number of benzene rings is 4. The molecule has 0 aliphatic heterocycles. The standard InChI is InChI=1S/C24H16BN/c25-21-10-6-12-23-24(21)20-9-4-5-11-22(20)26(23)19-15-13-18(14-16-19)17-7-2-1-3-8-17/h1-16H. The van der Waals surface area contributed by atoms with E-state index in [9.17, 15) is 0 Å². The van der Waals surface area contributed by atoms with Crippen molar-refractivity contribution < 1.29 is 0 Å². The lowest BCUT2D eigenvalue weighted by atomic mass is 9.91. The van der Waals surface area contributed by atoms with Gasteiger partial charge < -0.3 is 4.57 Å². The van der Waals surface area contributed by atoms with Gasteiger partial charge >= 0.3 is 0 Å². The molecule has 0 bridgehead atoms. The minimum Gasteiger partial charge on any atom is -0.309 e. The maximum absolute atomic E-state index is 6.30. The van der Waals surface area contributed by atoms with Crippen LogP contribution >= 0.6 is 0 Å². The molecule has 0 amide bonds. The summed E-state index contributed by atoms with van der Waals surface area (Å²) in [5, 5.41) is 2.31. The summed E-state index contributed by atoms with van der Waals surface area (Å²) in [7, 11) is 6.30. The minimum atomic E-state index is 0.818. The van der Waals surface area contributed by atoms with E-state index < -0.39 is 0 Å². The van der Waals surface area contributed by atoms with Gasteiger partial charge in [0.25, 0.3) is 0 Å². The zero-order chi connectivity index (χ0) is 17.5. The molecular formula is C24H16BN. The van der Waals surface area contributed by atoms with Crippen LogP contribution in [-0.2, 0) is 0 Å². The average Bonchev–Trinajstić information content (AvgIpc) is 3.04. The van der Waals surface area contributed by atoms with Crippen LogP contribution in [0.25, 0.3) is 38.6 Å². The van der Waals surface area contributed by atoms with Crippen molar-refractivity contribution in [3.8, 4) is 16.8 Å². The van der Waals surface area contributed by atoms with E-state index in [2.05, 4.69) is 83.4 Å². The Morgan fingerprint density at radius 1 is 0.538 bits per heavy atom. The first-order valence-electron chi connectivity index (χ1n) is 8.76. The second-order valence-electron chi connectivity index (χ2n) is 6.51. The van der Waals surface area contributed by atoms with E-state index in [0.717, 1.165) is 22.1 Å². The Labute approximate surface area is 153 Å². The highest BCUT2D eigenvalue weighted by Crippen LogP contribution is 2.31. The van der Waals surface area contributed by atoms with Gasteiger partial charge in [0.1, 0.15) is 7.85 Å². The molecular weight excluding hydrogens is 313 g/mol. The van der Waals surface area contributed by atoms with Crippen molar-refractivity contribution in [1.82, 2.24) is 4.57 Å². The topological polar surface area (TPSA) is 4.93 Å². The molecule has 0 fully saturated rings. The van der Waals surface area contributed by atoms with Gasteiger partial charge in [-0.05, 0) is 35.4 Å². The molecule has 0 saturated carbocycles. The first-order valence-corrected chi connectivity index (χ1v) is 8.76. The number of para-hydroxylation sites is 1. The summed E-state index contributed by atoms with van der Waals surface area (Å²) in [6, 6.07) is 33.7. The van der Waals surface area contributed by atoms with Gasteiger partial charge in [-0.25, -0.2) is 0 Å². The third-order valence-electron chi connectivity index (χ3n) is 4.96. The number of aromatic nitrogens is 1. The molecule has 4 aromatic carbocycles. The van der Waals surface area contributed by atoms with E-state index in [-0.39, 0.29) is 0 Å². The summed E-state index contributed by atoms with van der Waals surface area (Å²) in [5.74, 6) is 0. The van der Waals surface area contributed by atoms with Crippen molar-refractivity contribution in [2.45, 2.75) is 0 Å². The summed E-state index contributed by atoms with van der Waals surface area (Å²) in [6.07, 6.45) is 0. The fraction of sp³-hybridized carbons (Fsp3) is 0. The molecule has 120 valence electrons. The van der Waals surface area contributed by atoms with Crippen molar-refractivity contribution in [2.24, 2.45) is 0 Å². The van der Waals surface area contributed by atoms with Gasteiger partial charge in [-0.1, -0.05) is 78.3 Å². The van der Waals surface area contributed by atoms with E-state index >= 15 is 0 Å². The highest BCUT2D eigenvalue weighted by Gasteiger charge is 2.12. The third-order valence-corrected chi connectivity index (χ3v) is 4.96. The van der Waals surface area contributed by atoms with Gasteiger partial charge in [-0.2, -0.15) is 0 Å². The van der Waals surface area contributed by atoms with Gasteiger partial charge in [0.2, 0.25) is 0 Å². The number of nitrogens with zero attached hydrogens (tertiary/aromatic N) is 1. The fourth-order valence-corrected chi connectivity index (χ4v) is 3.76. The van der Waals surface area contributed by atoms with Gasteiger partial charge in [-0.15, -0.1) is 0 Å². The van der Waals surface area contributed by atoms with E-state index in [1.54, 1.807) is 0 Å². The van der Waals surface area contributed by atoms with Crippen LogP contribution in [0, 0.1) is 0 Å². The first-order chi connectivity index (χ1) is 12.8. The predicted molar refractivity (Wildman–Crippen MR) is 112 cm³/mol. The lowest BCUT2D eigenvalue weighted by molar-refractivity contribution is 1.18. The quantitative estimate of drug-likeness (QED) is 0.390. The van der Waals surface area contributed by atoms with Crippen molar-refractivity contribution in [3.63, 3.8) is 0 Å². The molecule has 26 heavy (non-hydrogen) atoms. The largest absolute Gasteiger partial charge is 0.309 e. The lowest BCUT2D eigenvalue weighted by Crippen LogP contribution is -2.02. The molecule has 0 spiro atoms. The van der Waals surface area contributed by atoms with Crippen LogP contribution < -0.4 is 5.46 Å². The zero-order valence-electron chi connectivity index (χ0n) is 14.3. The Bertz CT molecular complexity index is 1220. The summed E-state index contributed by atoms with van der Waals surface area (Å²) in [6.45, 7) is 0. The molecule has 0 saturated heterocycles. The average molecular weight is 329 g/mol. The van der Waals surface area contributed by atoms with E-state index in [1.807, 2.05) is 18.2 Å². The van der Waals surface area contributed by atoms with E-state index in [0.29, 0.717) is 0 Å². The highest BCUT2D eigenvalue weighted by molar-refractivity contribution is 6.41. The Kier molecular flexibility index (Phi) is 3.43. The van der Waals surface area contributed by atoms with Gasteiger partial charge in [0, 0.05) is 16.5 Å². The second-order valence-corrected chi connectivity index (χ2v) is 6.51. The van der Waals surface area contributed by atoms with Crippen LogP contribution in [0.2, 0.25) is 0 Å². The second kappa shape index (κ2) is 5.92. The van der Waals surface area contributed by atoms with Crippen LogP contribution in [0.3, 0.4) is 0 Å². The van der Waals surface area contributed by atoms with Crippen LogP contribution in [0.1, 0.15) is 0 Å². The SMILES string of the molecule is [B]c1cccc2c1c1ccccc1n2-c1ccc(-c2ccccc2)cc1. The summed E-state index contributed by atoms with van der Waals surface area (Å²) in [4.78, 5) is 0. The Morgan fingerprint density at radius 2 is 1.19 bits per heavy atom. The molecule has 1 nitrogen and oxygen atoms in total. The Hall–Kier alpha value is -3.26. The highest BCUT2D eigenvalue weighted by atomic mass is 15.0. The van der Waals surface area contributed by atoms with Crippen LogP contribution in [0.4, 0.5) is 0 Å². The van der Waals surface area contributed by atoms with Crippen LogP contribution in [0.15, 0.2) is 97.1 Å². The maximum Gasteiger partial charge on any atom is 0.114 e. The zero-order valence-corrected chi connectivity index (χ0v) is 14.3. The molecule has 0 unspecified atom stereocenters. The molecule has 1 aromatic heterocycles. The predicted octanol–water partition coefficient (Wildman–Crippen LogP) is 5.24. The van der Waals surface area contributed by atoms with Gasteiger partial charge in [0.05, 0.1) is 11.0 Å². The van der Waals surface area contributed by atoms with Crippen molar-refractivity contribution in [2.75, 3.05) is 0 Å². The molecule has 0 N–H and O–H groups in total. The van der Waals surface area contributed by atoms with Gasteiger partial charge in [-0.3, -0.25) is 0 Å². The van der Waals surface area contributed by atoms with Crippen molar-refractivity contribution in [3.05, 3.63) is 97.1 Å². The lowest BCUT2D eigenvalue weighted by Gasteiger charge is -2.09. The summed E-state index contributed by atoms with van der Waals surface area (Å²) < 4.78 is 2.29. The fourth-order valence-electron chi connectivity index (χ4n) is 3.76. The summed E-state index contributed by atoms with van der Waals surface area (Å²) in [5.41, 5.74) is 6.71. The Balaban J connectivity index is 1.75.